The first kappa shape index (κ1) is 15.6. The Labute approximate surface area is 126 Å². The number of hydrogen-bond donors (Lipinski definition) is 2. The minimum Gasteiger partial charge on any atom is -0.480 e. The summed E-state index contributed by atoms with van der Waals surface area (Å²) in [4.78, 5) is 24.9. The molecule has 2 atom stereocenters. The molecule has 0 aliphatic carbocycles. The maximum absolute atomic E-state index is 13.5. The highest BCUT2D eigenvalue weighted by Gasteiger charge is 2.40. The summed E-state index contributed by atoms with van der Waals surface area (Å²) in [5.74, 6) is -1.07. The lowest BCUT2D eigenvalue weighted by Crippen LogP contribution is -2.47. The Morgan fingerprint density at radius 1 is 1.52 bits per heavy atom. The lowest BCUT2D eigenvalue weighted by Gasteiger charge is -2.26. The average Bonchev–Trinajstić information content (AvgIpc) is 2.87. The number of nitrogens with one attached hydrogen (secondary N) is 1. The maximum Gasteiger partial charge on any atom is 0.327 e. The first-order valence-corrected chi connectivity index (χ1v) is 7.68. The van der Waals surface area contributed by atoms with Crippen molar-refractivity contribution in [2.24, 2.45) is 0 Å². The Kier molecular flexibility index (Phi) is 4.72. The zero-order chi connectivity index (χ0) is 15.6. The number of benzene rings is 1. The molecule has 5 nitrogen and oxygen atoms in total. The topological polar surface area (TPSA) is 69.6 Å². The first-order chi connectivity index (χ1) is 9.93. The summed E-state index contributed by atoms with van der Waals surface area (Å²) >= 11 is 1.44. The van der Waals surface area contributed by atoms with Crippen molar-refractivity contribution in [2.75, 3.05) is 11.1 Å². The molecule has 1 saturated heterocycles. The smallest absolute Gasteiger partial charge is 0.327 e. The molecule has 7 heteroatoms. The summed E-state index contributed by atoms with van der Waals surface area (Å²) in [6.45, 7) is 3.53. The van der Waals surface area contributed by atoms with Gasteiger partial charge in [0.05, 0.1) is 5.37 Å². The number of hydrogen-bond acceptors (Lipinski definition) is 3. The van der Waals surface area contributed by atoms with E-state index in [0.717, 1.165) is 0 Å². The molecule has 0 spiro atoms. The highest BCUT2D eigenvalue weighted by Crippen LogP contribution is 2.32. The zero-order valence-electron chi connectivity index (χ0n) is 11.8. The summed E-state index contributed by atoms with van der Waals surface area (Å²) in [7, 11) is 0. The van der Waals surface area contributed by atoms with Crippen molar-refractivity contribution in [3.05, 3.63) is 29.6 Å². The van der Waals surface area contributed by atoms with Crippen molar-refractivity contribution in [3.8, 4) is 0 Å². The van der Waals surface area contributed by atoms with Crippen LogP contribution >= 0.6 is 11.8 Å². The lowest BCUT2D eigenvalue weighted by atomic mass is 10.2. The van der Waals surface area contributed by atoms with Gasteiger partial charge in [-0.25, -0.2) is 14.0 Å². The van der Waals surface area contributed by atoms with Crippen LogP contribution in [0.15, 0.2) is 18.2 Å². The molecule has 1 aliphatic heterocycles. The van der Waals surface area contributed by atoms with E-state index in [0.29, 0.717) is 23.4 Å². The summed E-state index contributed by atoms with van der Waals surface area (Å²) in [5, 5.41) is 11.6. The van der Waals surface area contributed by atoms with E-state index in [4.69, 9.17) is 0 Å². The summed E-state index contributed by atoms with van der Waals surface area (Å²) in [5.41, 5.74) is 0.804. The third-order valence-electron chi connectivity index (χ3n) is 3.38. The minimum absolute atomic E-state index is 0.179. The molecule has 1 aliphatic rings. The van der Waals surface area contributed by atoms with Crippen molar-refractivity contribution in [1.29, 1.82) is 0 Å². The molecule has 1 aromatic carbocycles. The third kappa shape index (κ3) is 3.29. The molecule has 2 rings (SSSR count). The Morgan fingerprint density at radius 2 is 2.24 bits per heavy atom. The molecule has 1 fully saturated rings. The average molecular weight is 312 g/mol. The second kappa shape index (κ2) is 6.34. The molecule has 2 amide bonds. The van der Waals surface area contributed by atoms with Crippen LogP contribution in [-0.4, -0.2) is 39.2 Å². The van der Waals surface area contributed by atoms with Gasteiger partial charge in [-0.2, -0.15) is 0 Å². The van der Waals surface area contributed by atoms with Crippen LogP contribution in [0.2, 0.25) is 0 Å². The van der Waals surface area contributed by atoms with Crippen LogP contribution in [0.3, 0.4) is 0 Å². The summed E-state index contributed by atoms with van der Waals surface area (Å²) < 4.78 is 13.5. The standard InChI is InChI=1S/C14H17FN2O3S/c1-3-12-17(11(7-21-12)13(18)19)14(20)16-9-5-4-8(2)10(15)6-9/h4-6,11-12H,3,7H2,1-2H3,(H,16,20)(H,18,19). The zero-order valence-corrected chi connectivity index (χ0v) is 12.6. The van der Waals surface area contributed by atoms with Gasteiger partial charge in [0.2, 0.25) is 0 Å². The van der Waals surface area contributed by atoms with Gasteiger partial charge in [0, 0.05) is 11.4 Å². The van der Waals surface area contributed by atoms with Gasteiger partial charge in [0.15, 0.2) is 0 Å². The number of aryl methyl sites for hydroxylation is 1. The van der Waals surface area contributed by atoms with E-state index in [2.05, 4.69) is 5.32 Å². The molecule has 0 saturated carbocycles. The highest BCUT2D eigenvalue weighted by atomic mass is 32.2. The Bertz CT molecular complexity index is 567. The fourth-order valence-corrected chi connectivity index (χ4v) is 3.55. The fraction of sp³-hybridized carbons (Fsp3) is 0.429. The third-order valence-corrected chi connectivity index (χ3v) is 4.84. The number of urea groups is 1. The quantitative estimate of drug-likeness (QED) is 0.900. The van der Waals surface area contributed by atoms with Gasteiger partial charge in [0.1, 0.15) is 11.9 Å². The molecule has 0 radical (unpaired) electrons. The van der Waals surface area contributed by atoms with Crippen molar-refractivity contribution >= 4 is 29.4 Å². The fourth-order valence-electron chi connectivity index (χ4n) is 2.20. The number of carboxylic acids is 1. The Morgan fingerprint density at radius 3 is 2.81 bits per heavy atom. The van der Waals surface area contributed by atoms with Crippen LogP contribution in [0.25, 0.3) is 0 Å². The monoisotopic (exact) mass is 312 g/mol. The van der Waals surface area contributed by atoms with Crippen LogP contribution in [0.4, 0.5) is 14.9 Å². The second-order valence-corrected chi connectivity index (χ2v) is 6.06. The SMILES string of the molecule is CCC1SCC(C(=O)O)N1C(=O)Nc1ccc(C)c(F)c1. The van der Waals surface area contributed by atoms with E-state index in [9.17, 15) is 19.1 Å². The summed E-state index contributed by atoms with van der Waals surface area (Å²) in [6.07, 6.45) is 0.657. The molecule has 2 N–H and O–H groups in total. The van der Waals surface area contributed by atoms with Crippen molar-refractivity contribution in [2.45, 2.75) is 31.7 Å². The number of carbonyl (C=O) groups excluding carboxylic acids is 1. The van der Waals surface area contributed by atoms with E-state index in [1.54, 1.807) is 19.1 Å². The Hall–Kier alpha value is -1.76. The molecule has 0 aromatic heterocycles. The number of rotatable bonds is 3. The Balaban J connectivity index is 2.16. The van der Waals surface area contributed by atoms with Crippen LogP contribution in [0, 0.1) is 12.7 Å². The normalized spacial score (nSPS) is 21.4. The van der Waals surface area contributed by atoms with E-state index >= 15 is 0 Å². The van der Waals surface area contributed by atoms with Gasteiger partial charge < -0.3 is 10.4 Å². The molecular weight excluding hydrogens is 295 g/mol. The van der Waals surface area contributed by atoms with Crippen LogP contribution in [0.1, 0.15) is 18.9 Å². The number of thioether (sulfide) groups is 1. The van der Waals surface area contributed by atoms with Gasteiger partial charge in [-0.15, -0.1) is 11.8 Å². The second-order valence-electron chi connectivity index (χ2n) is 4.85. The summed E-state index contributed by atoms with van der Waals surface area (Å²) in [6, 6.07) is 3.02. The van der Waals surface area contributed by atoms with Crippen molar-refractivity contribution < 1.29 is 19.1 Å². The van der Waals surface area contributed by atoms with Gasteiger partial charge in [-0.1, -0.05) is 13.0 Å². The molecule has 1 heterocycles. The number of nitrogens with zero attached hydrogens (tertiary/aromatic N) is 1. The van der Waals surface area contributed by atoms with Crippen LogP contribution in [0.5, 0.6) is 0 Å². The number of anilines is 1. The highest BCUT2D eigenvalue weighted by molar-refractivity contribution is 8.00. The number of carboxylic acid groups (broad SMARTS) is 1. The molecular formula is C14H17FN2O3S. The maximum atomic E-state index is 13.5. The van der Waals surface area contributed by atoms with Crippen molar-refractivity contribution in [1.82, 2.24) is 4.90 Å². The molecule has 0 bridgehead atoms. The molecule has 1 aromatic rings. The predicted molar refractivity (Wildman–Crippen MR) is 80.0 cm³/mol. The predicted octanol–water partition coefficient (Wildman–Crippen LogP) is 2.90. The van der Waals surface area contributed by atoms with E-state index < -0.39 is 23.9 Å². The van der Waals surface area contributed by atoms with Gasteiger partial charge in [-0.3, -0.25) is 4.90 Å². The lowest BCUT2D eigenvalue weighted by molar-refractivity contribution is -0.141. The van der Waals surface area contributed by atoms with Gasteiger partial charge in [0.25, 0.3) is 0 Å². The van der Waals surface area contributed by atoms with Crippen molar-refractivity contribution in [3.63, 3.8) is 0 Å². The number of halogens is 1. The number of carbonyl (C=O) groups is 2. The van der Waals surface area contributed by atoms with E-state index in [-0.39, 0.29) is 5.37 Å². The number of amides is 2. The largest absolute Gasteiger partial charge is 0.480 e. The van der Waals surface area contributed by atoms with Crippen LogP contribution < -0.4 is 5.32 Å². The van der Waals surface area contributed by atoms with Gasteiger partial charge in [-0.05, 0) is 31.0 Å². The van der Waals surface area contributed by atoms with Gasteiger partial charge >= 0.3 is 12.0 Å². The minimum atomic E-state index is -1.02. The number of aliphatic carboxylic acids is 1. The first-order valence-electron chi connectivity index (χ1n) is 6.64. The van der Waals surface area contributed by atoms with E-state index in [1.165, 1.54) is 22.7 Å². The molecule has 114 valence electrons. The molecule has 21 heavy (non-hydrogen) atoms. The van der Waals surface area contributed by atoms with E-state index in [1.807, 2.05) is 6.92 Å². The van der Waals surface area contributed by atoms with Crippen LogP contribution in [-0.2, 0) is 4.79 Å². The molecule has 2 unspecified atom stereocenters.